The van der Waals surface area contributed by atoms with Crippen LogP contribution in [0.4, 0.5) is 4.39 Å². The summed E-state index contributed by atoms with van der Waals surface area (Å²) >= 11 is 0. The molecule has 0 radical (unpaired) electrons. The lowest BCUT2D eigenvalue weighted by atomic mass is 9.73. The molecule has 2 N–H and O–H groups in total. The van der Waals surface area contributed by atoms with Crippen LogP contribution in [0.5, 0.6) is 0 Å². The Morgan fingerprint density at radius 2 is 1.75 bits per heavy atom. The number of halogens is 1. The van der Waals surface area contributed by atoms with Crippen molar-refractivity contribution >= 4 is 0 Å². The third-order valence-electron chi connectivity index (χ3n) is 4.27. The fraction of sp³-hybridized carbons (Fsp3) is 0.571. The maximum Gasteiger partial charge on any atom is 0.123 e. The van der Waals surface area contributed by atoms with Crippen molar-refractivity contribution in [2.75, 3.05) is 0 Å². The molecule has 0 aromatic heterocycles. The van der Waals surface area contributed by atoms with Crippen LogP contribution in [-0.2, 0) is 0 Å². The molecule has 1 nitrogen and oxygen atoms in total. The monoisotopic (exact) mass is 221 g/mol. The van der Waals surface area contributed by atoms with E-state index in [0.717, 1.165) is 0 Å². The van der Waals surface area contributed by atoms with Gasteiger partial charge in [0.05, 0.1) is 0 Å². The van der Waals surface area contributed by atoms with Gasteiger partial charge < -0.3 is 5.73 Å². The Morgan fingerprint density at radius 1 is 1.25 bits per heavy atom. The zero-order valence-corrected chi connectivity index (χ0v) is 10.3. The van der Waals surface area contributed by atoms with Crippen molar-refractivity contribution in [3.8, 4) is 0 Å². The standard InChI is InChI=1S/C14H20FN/c1-10(11-4-6-12(15)7-5-11)14(8-9-14)13(2,3)16/h4-7,10H,8-9,16H2,1-3H3. The number of rotatable bonds is 3. The second-order valence-corrected chi connectivity index (χ2v) is 5.65. The molecule has 0 amide bonds. The van der Waals surface area contributed by atoms with Gasteiger partial charge in [-0.2, -0.15) is 0 Å². The highest BCUT2D eigenvalue weighted by atomic mass is 19.1. The first-order valence-corrected chi connectivity index (χ1v) is 5.91. The van der Waals surface area contributed by atoms with Crippen LogP contribution in [-0.4, -0.2) is 5.54 Å². The van der Waals surface area contributed by atoms with E-state index in [-0.39, 0.29) is 16.8 Å². The van der Waals surface area contributed by atoms with E-state index >= 15 is 0 Å². The first kappa shape index (κ1) is 11.6. The van der Waals surface area contributed by atoms with E-state index in [0.29, 0.717) is 5.92 Å². The third kappa shape index (κ3) is 1.75. The highest BCUT2D eigenvalue weighted by Crippen LogP contribution is 2.61. The summed E-state index contributed by atoms with van der Waals surface area (Å²) in [6.07, 6.45) is 2.35. The maximum absolute atomic E-state index is 12.9. The van der Waals surface area contributed by atoms with Crippen LogP contribution in [0.15, 0.2) is 24.3 Å². The fourth-order valence-corrected chi connectivity index (χ4v) is 2.84. The summed E-state index contributed by atoms with van der Waals surface area (Å²) in [5.74, 6) is 0.223. The lowest BCUT2D eigenvalue weighted by molar-refractivity contribution is 0.252. The summed E-state index contributed by atoms with van der Waals surface area (Å²) < 4.78 is 12.9. The highest BCUT2D eigenvalue weighted by Gasteiger charge is 2.56. The van der Waals surface area contributed by atoms with E-state index in [1.165, 1.54) is 30.5 Å². The average Bonchev–Trinajstić information content (AvgIpc) is 2.97. The quantitative estimate of drug-likeness (QED) is 0.831. The van der Waals surface area contributed by atoms with E-state index in [2.05, 4.69) is 20.8 Å². The van der Waals surface area contributed by atoms with Crippen molar-refractivity contribution in [1.29, 1.82) is 0 Å². The van der Waals surface area contributed by atoms with Crippen molar-refractivity contribution in [1.82, 2.24) is 0 Å². The third-order valence-corrected chi connectivity index (χ3v) is 4.27. The van der Waals surface area contributed by atoms with Gasteiger partial charge in [-0.25, -0.2) is 4.39 Å². The van der Waals surface area contributed by atoms with Gasteiger partial charge in [0.2, 0.25) is 0 Å². The molecule has 1 aromatic rings. The van der Waals surface area contributed by atoms with E-state index in [1.54, 1.807) is 0 Å². The van der Waals surface area contributed by atoms with Gasteiger partial charge >= 0.3 is 0 Å². The van der Waals surface area contributed by atoms with E-state index in [4.69, 9.17) is 5.73 Å². The fourth-order valence-electron chi connectivity index (χ4n) is 2.84. The molecule has 1 saturated carbocycles. The molecule has 0 heterocycles. The van der Waals surface area contributed by atoms with Gasteiger partial charge in [-0.05, 0) is 55.7 Å². The zero-order chi connectivity index (χ0) is 12.0. The summed E-state index contributed by atoms with van der Waals surface area (Å²) in [5.41, 5.74) is 7.50. The van der Waals surface area contributed by atoms with Crippen LogP contribution >= 0.6 is 0 Å². The predicted octanol–water partition coefficient (Wildman–Crippen LogP) is 3.45. The number of hydrogen-bond acceptors (Lipinski definition) is 1. The van der Waals surface area contributed by atoms with E-state index in [9.17, 15) is 4.39 Å². The molecule has 1 unspecified atom stereocenters. The molecular formula is C14H20FN. The van der Waals surface area contributed by atoms with Crippen molar-refractivity contribution in [3.63, 3.8) is 0 Å². The Morgan fingerprint density at radius 3 is 2.12 bits per heavy atom. The molecule has 0 spiro atoms. The summed E-state index contributed by atoms with van der Waals surface area (Å²) in [5, 5.41) is 0. The Hall–Kier alpha value is -0.890. The summed E-state index contributed by atoms with van der Waals surface area (Å²) in [6.45, 7) is 6.40. The first-order chi connectivity index (χ1) is 7.37. The molecule has 1 aromatic carbocycles. The molecule has 1 atom stereocenters. The summed E-state index contributed by atoms with van der Waals surface area (Å²) in [7, 11) is 0. The second-order valence-electron chi connectivity index (χ2n) is 5.65. The molecule has 1 aliphatic carbocycles. The molecule has 16 heavy (non-hydrogen) atoms. The topological polar surface area (TPSA) is 26.0 Å². The lowest BCUT2D eigenvalue weighted by Gasteiger charge is -2.36. The zero-order valence-electron chi connectivity index (χ0n) is 10.3. The van der Waals surface area contributed by atoms with Crippen LogP contribution in [0.2, 0.25) is 0 Å². The van der Waals surface area contributed by atoms with Crippen LogP contribution in [0, 0.1) is 11.2 Å². The number of hydrogen-bond donors (Lipinski definition) is 1. The molecule has 88 valence electrons. The van der Waals surface area contributed by atoms with Crippen LogP contribution in [0.25, 0.3) is 0 Å². The molecule has 1 fully saturated rings. The Kier molecular flexibility index (Phi) is 2.58. The Balaban J connectivity index is 2.26. The van der Waals surface area contributed by atoms with Crippen LogP contribution in [0.3, 0.4) is 0 Å². The van der Waals surface area contributed by atoms with Gasteiger partial charge in [-0.15, -0.1) is 0 Å². The van der Waals surface area contributed by atoms with Gasteiger partial charge in [0.15, 0.2) is 0 Å². The number of nitrogens with two attached hydrogens (primary N) is 1. The van der Waals surface area contributed by atoms with Gasteiger partial charge in [-0.1, -0.05) is 19.1 Å². The molecule has 0 bridgehead atoms. The Bertz CT molecular complexity index is 371. The van der Waals surface area contributed by atoms with E-state index < -0.39 is 0 Å². The van der Waals surface area contributed by atoms with Crippen molar-refractivity contribution < 1.29 is 4.39 Å². The van der Waals surface area contributed by atoms with Crippen LogP contribution in [0.1, 0.15) is 45.1 Å². The molecular weight excluding hydrogens is 201 g/mol. The molecule has 2 rings (SSSR count). The smallest absolute Gasteiger partial charge is 0.123 e. The van der Waals surface area contributed by atoms with Crippen LogP contribution < -0.4 is 5.73 Å². The van der Waals surface area contributed by atoms with Gasteiger partial charge in [0.25, 0.3) is 0 Å². The molecule has 1 aliphatic rings. The predicted molar refractivity (Wildman–Crippen MR) is 64.7 cm³/mol. The lowest BCUT2D eigenvalue weighted by Crippen LogP contribution is -2.45. The molecule has 2 heteroatoms. The van der Waals surface area contributed by atoms with Crippen molar-refractivity contribution in [2.45, 2.75) is 45.1 Å². The Labute approximate surface area is 96.9 Å². The minimum Gasteiger partial charge on any atom is -0.325 e. The maximum atomic E-state index is 12.9. The minimum atomic E-state index is -0.173. The normalized spacial score (nSPS) is 20.6. The second kappa shape index (κ2) is 3.56. The largest absolute Gasteiger partial charge is 0.325 e. The highest BCUT2D eigenvalue weighted by molar-refractivity contribution is 5.27. The summed E-state index contributed by atoms with van der Waals surface area (Å²) in [4.78, 5) is 0. The minimum absolute atomic E-state index is 0.166. The SMILES string of the molecule is CC(c1ccc(F)cc1)C1(C(C)(C)N)CC1. The van der Waals surface area contributed by atoms with Gasteiger partial charge in [-0.3, -0.25) is 0 Å². The molecule has 0 saturated heterocycles. The van der Waals surface area contributed by atoms with Gasteiger partial charge in [0, 0.05) is 5.54 Å². The van der Waals surface area contributed by atoms with E-state index in [1.807, 2.05) is 12.1 Å². The van der Waals surface area contributed by atoms with Gasteiger partial charge in [0.1, 0.15) is 5.82 Å². The average molecular weight is 221 g/mol. The summed E-state index contributed by atoms with van der Waals surface area (Å²) in [6, 6.07) is 6.83. The molecule has 0 aliphatic heterocycles. The van der Waals surface area contributed by atoms with Crippen molar-refractivity contribution in [2.24, 2.45) is 11.1 Å². The first-order valence-electron chi connectivity index (χ1n) is 5.91. The van der Waals surface area contributed by atoms with Crippen molar-refractivity contribution in [3.05, 3.63) is 35.6 Å². The number of benzene rings is 1.